The first-order valence-corrected chi connectivity index (χ1v) is 9.46. The van der Waals surface area contributed by atoms with Crippen molar-refractivity contribution < 1.29 is 24.2 Å². The number of nitrogens with zero attached hydrogens (tertiary/aromatic N) is 5. The smallest absolute Gasteiger partial charge is 0.408 e. The van der Waals surface area contributed by atoms with E-state index >= 15 is 0 Å². The van der Waals surface area contributed by atoms with E-state index in [2.05, 4.69) is 30.8 Å². The number of rotatable bonds is 11. The zero-order valence-corrected chi connectivity index (χ0v) is 16.5. The molecule has 0 bridgehead atoms. The lowest BCUT2D eigenvalue weighted by atomic mass is 10.1. The van der Waals surface area contributed by atoms with E-state index < -0.39 is 30.3 Å². The van der Waals surface area contributed by atoms with Crippen molar-refractivity contribution in [3.63, 3.8) is 0 Å². The van der Waals surface area contributed by atoms with E-state index in [1.807, 2.05) is 6.07 Å². The Labute approximate surface area is 176 Å². The molecule has 162 valence electrons. The number of carbonyl (C=O) groups excluding carboxylic acids is 2. The van der Waals surface area contributed by atoms with Gasteiger partial charge in [-0.05, 0) is 16.0 Å². The molecule has 3 rings (SSSR count). The first-order chi connectivity index (χ1) is 15.0. The second-order valence-corrected chi connectivity index (χ2v) is 6.61. The Morgan fingerprint density at radius 2 is 2.00 bits per heavy atom. The summed E-state index contributed by atoms with van der Waals surface area (Å²) >= 11 is 0. The van der Waals surface area contributed by atoms with Gasteiger partial charge >= 0.3 is 12.1 Å². The Hall–Kier alpha value is -4.09. The maximum atomic E-state index is 12.7. The SMILES string of the molecule is O=C(O)CC(NC(=O)OCc1ccccc1)C(=O)Cn1nnnc1CCc1ncc[nH]1. The van der Waals surface area contributed by atoms with Crippen molar-refractivity contribution >= 4 is 17.8 Å². The number of amides is 1. The van der Waals surface area contributed by atoms with Crippen molar-refractivity contribution in [3.8, 4) is 0 Å². The summed E-state index contributed by atoms with van der Waals surface area (Å²) in [5.74, 6) is -0.625. The first-order valence-electron chi connectivity index (χ1n) is 9.46. The molecule has 0 aliphatic rings. The van der Waals surface area contributed by atoms with Crippen molar-refractivity contribution in [1.29, 1.82) is 0 Å². The van der Waals surface area contributed by atoms with Gasteiger partial charge in [-0.25, -0.2) is 14.5 Å². The molecule has 0 saturated carbocycles. The summed E-state index contributed by atoms with van der Waals surface area (Å²) in [6.45, 7) is -0.304. The maximum Gasteiger partial charge on any atom is 0.408 e. The average Bonchev–Trinajstić information content (AvgIpc) is 3.42. The molecular formula is C19H21N7O5. The summed E-state index contributed by atoms with van der Waals surface area (Å²) in [6, 6.07) is 7.67. The molecule has 2 heterocycles. The molecule has 1 aromatic carbocycles. The van der Waals surface area contributed by atoms with Gasteiger partial charge in [0.05, 0.1) is 6.42 Å². The Balaban J connectivity index is 1.57. The highest BCUT2D eigenvalue weighted by Crippen LogP contribution is 2.05. The van der Waals surface area contributed by atoms with Crippen LogP contribution in [0, 0.1) is 0 Å². The van der Waals surface area contributed by atoms with Crippen LogP contribution in [0.15, 0.2) is 42.7 Å². The number of carboxylic acids is 1. The van der Waals surface area contributed by atoms with Gasteiger partial charge in [-0.3, -0.25) is 9.59 Å². The number of benzene rings is 1. The third kappa shape index (κ3) is 6.73. The van der Waals surface area contributed by atoms with E-state index in [0.29, 0.717) is 18.7 Å². The molecule has 0 aliphatic heterocycles. The fourth-order valence-corrected chi connectivity index (χ4v) is 2.77. The maximum absolute atomic E-state index is 12.7. The van der Waals surface area contributed by atoms with Gasteiger partial charge in [0.15, 0.2) is 11.6 Å². The molecule has 1 amide bonds. The number of carbonyl (C=O) groups is 3. The van der Waals surface area contributed by atoms with Crippen LogP contribution in [-0.4, -0.2) is 59.2 Å². The highest BCUT2D eigenvalue weighted by Gasteiger charge is 2.26. The van der Waals surface area contributed by atoms with Crippen molar-refractivity contribution in [1.82, 2.24) is 35.5 Å². The molecule has 31 heavy (non-hydrogen) atoms. The van der Waals surface area contributed by atoms with Crippen LogP contribution < -0.4 is 5.32 Å². The number of H-pyrrole nitrogens is 1. The number of ether oxygens (including phenoxy) is 1. The second kappa shape index (κ2) is 10.6. The quantitative estimate of drug-likeness (QED) is 0.395. The second-order valence-electron chi connectivity index (χ2n) is 6.61. The molecule has 0 fully saturated rings. The third-order valence-electron chi connectivity index (χ3n) is 4.32. The molecule has 12 heteroatoms. The van der Waals surface area contributed by atoms with Gasteiger partial charge in [0.2, 0.25) is 0 Å². The highest BCUT2D eigenvalue weighted by atomic mass is 16.5. The molecule has 0 radical (unpaired) electrons. The number of alkyl carbamates (subject to hydrolysis) is 1. The van der Waals surface area contributed by atoms with Crippen LogP contribution in [0.1, 0.15) is 23.6 Å². The molecule has 0 aliphatic carbocycles. The van der Waals surface area contributed by atoms with E-state index in [1.54, 1.807) is 36.7 Å². The van der Waals surface area contributed by atoms with Gasteiger partial charge in [0.1, 0.15) is 25.0 Å². The van der Waals surface area contributed by atoms with Crippen LogP contribution in [0.5, 0.6) is 0 Å². The molecule has 3 aromatic rings. The summed E-state index contributed by atoms with van der Waals surface area (Å²) in [5.41, 5.74) is 0.758. The summed E-state index contributed by atoms with van der Waals surface area (Å²) in [6.07, 6.45) is 2.79. The van der Waals surface area contributed by atoms with Crippen LogP contribution in [0.4, 0.5) is 4.79 Å². The minimum atomic E-state index is -1.29. The third-order valence-corrected chi connectivity index (χ3v) is 4.32. The Kier molecular flexibility index (Phi) is 7.40. The van der Waals surface area contributed by atoms with Crippen LogP contribution in [0.25, 0.3) is 0 Å². The van der Waals surface area contributed by atoms with Crippen molar-refractivity contribution in [2.75, 3.05) is 0 Å². The van der Waals surface area contributed by atoms with Gasteiger partial charge in [-0.2, -0.15) is 0 Å². The monoisotopic (exact) mass is 427 g/mol. The van der Waals surface area contributed by atoms with Gasteiger partial charge in [-0.15, -0.1) is 5.10 Å². The summed E-state index contributed by atoms with van der Waals surface area (Å²) < 4.78 is 6.35. The van der Waals surface area contributed by atoms with Gasteiger partial charge in [0.25, 0.3) is 0 Å². The predicted molar refractivity (Wildman–Crippen MR) is 105 cm³/mol. The Bertz CT molecular complexity index is 1000. The number of aromatic amines is 1. The van der Waals surface area contributed by atoms with Crippen molar-refractivity contribution in [2.45, 2.75) is 38.5 Å². The summed E-state index contributed by atoms with van der Waals surface area (Å²) in [4.78, 5) is 43.0. The zero-order valence-electron chi connectivity index (χ0n) is 16.5. The van der Waals surface area contributed by atoms with Crippen LogP contribution in [0.2, 0.25) is 0 Å². The Morgan fingerprint density at radius 3 is 2.71 bits per heavy atom. The van der Waals surface area contributed by atoms with Crippen LogP contribution >= 0.6 is 0 Å². The number of ketones is 1. The number of hydrogen-bond acceptors (Lipinski definition) is 8. The standard InChI is InChI=1S/C19H21N7O5/c27-15(11-26-17(23-24-25-26)7-6-16-20-8-9-21-16)14(10-18(28)29)22-19(30)31-12-13-4-2-1-3-5-13/h1-5,8-9,14H,6-7,10-12H2,(H,20,21)(H,22,30)(H,28,29). The van der Waals surface area contributed by atoms with E-state index in [1.165, 1.54) is 4.68 Å². The van der Waals surface area contributed by atoms with Gasteiger partial charge in [0, 0.05) is 25.2 Å². The topological polar surface area (TPSA) is 165 Å². The Morgan fingerprint density at radius 1 is 1.19 bits per heavy atom. The number of aliphatic carboxylic acids is 1. The molecule has 1 unspecified atom stereocenters. The van der Waals surface area contributed by atoms with Gasteiger partial charge in [-0.1, -0.05) is 30.3 Å². The van der Waals surface area contributed by atoms with Gasteiger partial charge < -0.3 is 20.1 Å². The minimum Gasteiger partial charge on any atom is -0.481 e. The number of nitrogens with one attached hydrogen (secondary N) is 2. The summed E-state index contributed by atoms with van der Waals surface area (Å²) in [7, 11) is 0. The number of tetrazole rings is 1. The molecule has 3 N–H and O–H groups in total. The fraction of sp³-hybridized carbons (Fsp3) is 0.316. The number of Topliss-reactive ketones (excluding diaryl/α,β-unsaturated/α-hetero) is 1. The number of imidazole rings is 1. The molecule has 1 atom stereocenters. The molecule has 12 nitrogen and oxygen atoms in total. The van der Waals surface area contributed by atoms with E-state index in [9.17, 15) is 14.4 Å². The number of aromatic nitrogens is 6. The minimum absolute atomic E-state index is 0.00935. The zero-order chi connectivity index (χ0) is 22.1. The number of aryl methyl sites for hydroxylation is 2. The fourth-order valence-electron chi connectivity index (χ4n) is 2.77. The first kappa shape index (κ1) is 21.6. The average molecular weight is 427 g/mol. The normalized spacial score (nSPS) is 11.6. The lowest BCUT2D eigenvalue weighted by Gasteiger charge is -2.16. The molecule has 0 spiro atoms. The summed E-state index contributed by atoms with van der Waals surface area (Å²) in [5, 5.41) is 22.7. The van der Waals surface area contributed by atoms with Crippen molar-refractivity contribution in [2.24, 2.45) is 0 Å². The molecule has 0 saturated heterocycles. The highest BCUT2D eigenvalue weighted by molar-refractivity contribution is 5.90. The van der Waals surface area contributed by atoms with Crippen molar-refractivity contribution in [3.05, 3.63) is 59.9 Å². The predicted octanol–water partition coefficient (Wildman–Crippen LogP) is 0.520. The lowest BCUT2D eigenvalue weighted by molar-refractivity contribution is -0.139. The lowest BCUT2D eigenvalue weighted by Crippen LogP contribution is -2.44. The largest absolute Gasteiger partial charge is 0.481 e. The number of hydrogen-bond donors (Lipinski definition) is 3. The number of carboxylic acid groups (broad SMARTS) is 1. The van der Waals surface area contributed by atoms with E-state index in [4.69, 9.17) is 9.84 Å². The van der Waals surface area contributed by atoms with E-state index in [0.717, 1.165) is 11.4 Å². The molecule has 2 aromatic heterocycles. The molecular weight excluding hydrogens is 406 g/mol. The van der Waals surface area contributed by atoms with E-state index in [-0.39, 0.29) is 13.2 Å². The van der Waals surface area contributed by atoms with Crippen LogP contribution in [0.3, 0.4) is 0 Å². The van der Waals surface area contributed by atoms with Crippen LogP contribution in [-0.2, 0) is 40.3 Å².